The molecule has 1 fully saturated rings. The van der Waals surface area contributed by atoms with Crippen LogP contribution in [0.25, 0.3) is 0 Å². The van der Waals surface area contributed by atoms with E-state index >= 15 is 0 Å². The summed E-state index contributed by atoms with van der Waals surface area (Å²) in [6, 6.07) is 5.00. The Balaban J connectivity index is 2.36. The highest BCUT2D eigenvalue weighted by atomic mass is 35.5. The Hall–Kier alpha value is -1.11. The maximum Gasteiger partial charge on any atom is 0.310 e. The van der Waals surface area contributed by atoms with Gasteiger partial charge in [0.05, 0.1) is 10.4 Å². The Morgan fingerprint density at radius 3 is 2.68 bits per heavy atom. The Morgan fingerprint density at radius 2 is 2.14 bits per heavy atom. The van der Waals surface area contributed by atoms with Gasteiger partial charge < -0.3 is 5.11 Å². The number of hydrogen-bond acceptors (Lipinski definition) is 3. The molecule has 1 aliphatic heterocycles. The molecule has 0 aromatic heterocycles. The van der Waals surface area contributed by atoms with Gasteiger partial charge in [0, 0.05) is 13.1 Å². The smallest absolute Gasteiger partial charge is 0.310 e. The van der Waals surface area contributed by atoms with Gasteiger partial charge >= 0.3 is 5.97 Å². The van der Waals surface area contributed by atoms with E-state index in [1.165, 1.54) is 4.31 Å². The van der Waals surface area contributed by atoms with Crippen molar-refractivity contribution in [2.45, 2.75) is 38.0 Å². The van der Waals surface area contributed by atoms with Crippen LogP contribution in [0.3, 0.4) is 0 Å². The Kier molecular flexibility index (Phi) is 4.84. The van der Waals surface area contributed by atoms with E-state index in [-0.39, 0.29) is 23.0 Å². The van der Waals surface area contributed by atoms with Gasteiger partial charge in [-0.1, -0.05) is 31.0 Å². The minimum Gasteiger partial charge on any atom is -0.481 e. The molecule has 7 heteroatoms. The van der Waals surface area contributed by atoms with E-state index in [2.05, 4.69) is 0 Å². The summed E-state index contributed by atoms with van der Waals surface area (Å²) in [5.41, 5.74) is -0.133. The minimum absolute atomic E-state index is 0.0288. The third-order valence-corrected chi connectivity index (χ3v) is 6.43. The van der Waals surface area contributed by atoms with Gasteiger partial charge in [0.1, 0.15) is 4.90 Å². The molecule has 0 radical (unpaired) electrons. The molecule has 0 spiro atoms. The third-order valence-electron chi connectivity index (χ3n) is 4.11. The molecule has 1 unspecified atom stereocenters. The Labute approximate surface area is 135 Å². The monoisotopic (exact) mass is 345 g/mol. The predicted molar refractivity (Wildman–Crippen MR) is 84.6 cm³/mol. The number of benzene rings is 1. The lowest BCUT2D eigenvalue weighted by atomic mass is 9.90. The average Bonchev–Trinajstić information content (AvgIpc) is 2.86. The molecule has 1 atom stereocenters. The van der Waals surface area contributed by atoms with Gasteiger partial charge in [0.2, 0.25) is 10.0 Å². The quantitative estimate of drug-likeness (QED) is 0.890. The van der Waals surface area contributed by atoms with E-state index in [4.69, 9.17) is 11.6 Å². The fraction of sp³-hybridized carbons (Fsp3) is 0.533. The molecule has 1 saturated heterocycles. The van der Waals surface area contributed by atoms with Crippen molar-refractivity contribution >= 4 is 27.6 Å². The topological polar surface area (TPSA) is 74.7 Å². The summed E-state index contributed by atoms with van der Waals surface area (Å²) < 4.78 is 26.8. The van der Waals surface area contributed by atoms with Crippen LogP contribution in [0.15, 0.2) is 23.1 Å². The SMILES string of the molecule is CCCc1ccc(Cl)c(S(=O)(=O)N2CCC(C)(C(=O)O)C2)c1. The van der Waals surface area contributed by atoms with E-state index in [0.29, 0.717) is 6.42 Å². The first-order valence-electron chi connectivity index (χ1n) is 7.23. The largest absolute Gasteiger partial charge is 0.481 e. The van der Waals surface area contributed by atoms with E-state index < -0.39 is 21.4 Å². The zero-order valence-electron chi connectivity index (χ0n) is 12.7. The molecule has 1 N–H and O–H groups in total. The number of carboxylic acid groups (broad SMARTS) is 1. The van der Waals surface area contributed by atoms with Crippen LogP contribution >= 0.6 is 11.6 Å². The van der Waals surface area contributed by atoms with E-state index in [0.717, 1.165) is 18.4 Å². The first-order valence-corrected chi connectivity index (χ1v) is 9.04. The van der Waals surface area contributed by atoms with Crippen molar-refractivity contribution in [2.75, 3.05) is 13.1 Å². The number of aliphatic carboxylic acids is 1. The number of hydrogen-bond donors (Lipinski definition) is 1. The number of aryl methyl sites for hydroxylation is 1. The standard InChI is InChI=1S/C15H20ClNO4S/c1-3-4-11-5-6-12(16)13(9-11)22(20,21)17-8-7-15(2,10-17)14(18)19/h5-6,9H,3-4,7-8,10H2,1-2H3,(H,18,19). The molecule has 0 bridgehead atoms. The summed E-state index contributed by atoms with van der Waals surface area (Å²) in [5, 5.41) is 9.42. The summed E-state index contributed by atoms with van der Waals surface area (Å²) in [7, 11) is -3.78. The summed E-state index contributed by atoms with van der Waals surface area (Å²) in [6.07, 6.45) is 1.97. The molecule has 1 aromatic carbocycles. The van der Waals surface area contributed by atoms with Crippen LogP contribution in [0, 0.1) is 5.41 Å². The third kappa shape index (κ3) is 3.14. The highest BCUT2D eigenvalue weighted by Gasteiger charge is 2.45. The van der Waals surface area contributed by atoms with Crippen LogP contribution in [0.5, 0.6) is 0 Å². The molecule has 2 rings (SSSR count). The number of halogens is 1. The molecular weight excluding hydrogens is 326 g/mol. The number of carboxylic acids is 1. The second-order valence-electron chi connectivity index (χ2n) is 5.97. The molecule has 5 nitrogen and oxygen atoms in total. The van der Waals surface area contributed by atoms with Crippen LogP contribution < -0.4 is 0 Å². The van der Waals surface area contributed by atoms with Crippen molar-refractivity contribution < 1.29 is 18.3 Å². The number of sulfonamides is 1. The van der Waals surface area contributed by atoms with Crippen LogP contribution in [0.2, 0.25) is 5.02 Å². The van der Waals surface area contributed by atoms with Gasteiger partial charge in [0.25, 0.3) is 0 Å². The zero-order valence-corrected chi connectivity index (χ0v) is 14.2. The predicted octanol–water partition coefficient (Wildman–Crippen LogP) is 2.78. The van der Waals surface area contributed by atoms with Crippen molar-refractivity contribution in [1.29, 1.82) is 0 Å². The fourth-order valence-corrected chi connectivity index (χ4v) is 4.72. The highest BCUT2D eigenvalue weighted by Crippen LogP contribution is 2.35. The van der Waals surface area contributed by atoms with E-state index in [1.54, 1.807) is 19.1 Å². The van der Waals surface area contributed by atoms with Gasteiger partial charge in [-0.25, -0.2) is 8.42 Å². The number of rotatable bonds is 5. The van der Waals surface area contributed by atoms with Crippen molar-refractivity contribution in [3.05, 3.63) is 28.8 Å². The normalized spacial score (nSPS) is 22.9. The molecule has 1 aliphatic rings. The lowest BCUT2D eigenvalue weighted by Gasteiger charge is -2.20. The average molecular weight is 346 g/mol. The number of nitrogens with zero attached hydrogens (tertiary/aromatic N) is 1. The lowest BCUT2D eigenvalue weighted by molar-refractivity contribution is -0.146. The molecule has 122 valence electrons. The second kappa shape index (κ2) is 6.18. The molecule has 1 aromatic rings. The Morgan fingerprint density at radius 1 is 1.45 bits per heavy atom. The summed E-state index contributed by atoms with van der Waals surface area (Å²) in [5.74, 6) is -0.976. The fourth-order valence-electron chi connectivity index (χ4n) is 2.63. The first kappa shape index (κ1) is 17.2. The van der Waals surface area contributed by atoms with Crippen molar-refractivity contribution in [1.82, 2.24) is 4.31 Å². The van der Waals surface area contributed by atoms with Crippen molar-refractivity contribution in [3.8, 4) is 0 Å². The summed E-state index contributed by atoms with van der Waals surface area (Å²) in [6.45, 7) is 3.75. The maximum absolute atomic E-state index is 12.8. The van der Waals surface area contributed by atoms with Gasteiger partial charge in [-0.2, -0.15) is 4.31 Å². The summed E-state index contributed by atoms with van der Waals surface area (Å²) in [4.78, 5) is 11.4. The van der Waals surface area contributed by atoms with Gasteiger partial charge in [-0.15, -0.1) is 0 Å². The van der Waals surface area contributed by atoms with Crippen LogP contribution in [0.1, 0.15) is 32.3 Å². The molecular formula is C15H20ClNO4S. The Bertz CT molecular complexity index is 689. The molecule has 1 heterocycles. The number of carbonyl (C=O) groups is 1. The van der Waals surface area contributed by atoms with Gasteiger partial charge in [-0.3, -0.25) is 4.79 Å². The zero-order chi connectivity index (χ0) is 16.5. The lowest BCUT2D eigenvalue weighted by Crippen LogP contribution is -2.35. The molecule has 0 aliphatic carbocycles. The van der Waals surface area contributed by atoms with Crippen molar-refractivity contribution in [3.63, 3.8) is 0 Å². The second-order valence-corrected chi connectivity index (χ2v) is 8.28. The van der Waals surface area contributed by atoms with Crippen molar-refractivity contribution in [2.24, 2.45) is 5.41 Å². The van der Waals surface area contributed by atoms with E-state index in [9.17, 15) is 18.3 Å². The van der Waals surface area contributed by atoms with Crippen LogP contribution in [0.4, 0.5) is 0 Å². The van der Waals surface area contributed by atoms with E-state index in [1.807, 2.05) is 13.0 Å². The van der Waals surface area contributed by atoms with Gasteiger partial charge in [0.15, 0.2) is 0 Å². The molecule has 22 heavy (non-hydrogen) atoms. The summed E-state index contributed by atoms with van der Waals surface area (Å²) >= 11 is 6.07. The highest BCUT2D eigenvalue weighted by molar-refractivity contribution is 7.89. The van der Waals surface area contributed by atoms with Gasteiger partial charge in [-0.05, 0) is 37.5 Å². The minimum atomic E-state index is -3.78. The first-order chi connectivity index (χ1) is 10.2. The van der Waals surface area contributed by atoms with Crippen LogP contribution in [-0.2, 0) is 21.2 Å². The maximum atomic E-state index is 12.8. The van der Waals surface area contributed by atoms with Crippen LogP contribution in [-0.4, -0.2) is 36.9 Å². The molecule has 0 amide bonds. The molecule has 0 saturated carbocycles.